The standard InChI is InChI=1S/C21H42N4O4S/c1-18(2,13-19(3,4)25-14(26)12-22-9)15(16(27)23-10)24-17(28)20(5,6)21(7,8)30(11)29/h15,22H,12-13H2,1-11H3,(H,23,27)(H,24,28)(H,25,26). The van der Waals surface area contributed by atoms with Gasteiger partial charge in [-0.2, -0.15) is 0 Å². The van der Waals surface area contributed by atoms with Crippen LogP contribution in [0.2, 0.25) is 0 Å². The molecule has 0 bridgehead atoms. The molecule has 0 aliphatic carbocycles. The van der Waals surface area contributed by atoms with E-state index in [2.05, 4.69) is 21.3 Å². The molecule has 0 aliphatic heterocycles. The summed E-state index contributed by atoms with van der Waals surface area (Å²) in [5, 5.41) is 11.3. The van der Waals surface area contributed by atoms with E-state index in [0.29, 0.717) is 6.42 Å². The smallest absolute Gasteiger partial charge is 0.242 e. The number of nitrogens with one attached hydrogen (secondary N) is 4. The van der Waals surface area contributed by atoms with Gasteiger partial charge in [-0.1, -0.05) is 13.8 Å². The Balaban J connectivity index is 5.79. The predicted molar refractivity (Wildman–Crippen MR) is 122 cm³/mol. The van der Waals surface area contributed by atoms with Crippen LogP contribution in [0.1, 0.15) is 61.8 Å². The predicted octanol–water partition coefficient (Wildman–Crippen LogP) is 0.931. The third-order valence-electron chi connectivity index (χ3n) is 6.07. The third kappa shape index (κ3) is 7.04. The molecule has 0 aromatic rings. The molecule has 0 fully saturated rings. The first-order chi connectivity index (χ1) is 13.4. The summed E-state index contributed by atoms with van der Waals surface area (Å²) in [6.45, 7) is 14.8. The molecule has 0 rings (SSSR count). The monoisotopic (exact) mass is 446 g/mol. The number of likely N-dealkylation sites (N-methyl/N-ethyl adjacent to an activating group) is 2. The van der Waals surface area contributed by atoms with Gasteiger partial charge in [-0.25, -0.2) is 0 Å². The van der Waals surface area contributed by atoms with Gasteiger partial charge in [0.25, 0.3) is 0 Å². The lowest BCUT2D eigenvalue weighted by Crippen LogP contribution is -2.61. The van der Waals surface area contributed by atoms with Gasteiger partial charge in [0.2, 0.25) is 17.7 Å². The Morgan fingerprint density at radius 2 is 1.43 bits per heavy atom. The molecule has 0 aromatic heterocycles. The van der Waals surface area contributed by atoms with Crippen LogP contribution in [0.4, 0.5) is 0 Å². The Labute approximate surface area is 184 Å². The van der Waals surface area contributed by atoms with E-state index < -0.39 is 38.0 Å². The second-order valence-electron chi connectivity index (χ2n) is 10.2. The molecular weight excluding hydrogens is 404 g/mol. The molecule has 0 heterocycles. The van der Waals surface area contributed by atoms with Crippen LogP contribution < -0.4 is 21.3 Å². The van der Waals surface area contributed by atoms with Crippen LogP contribution in [-0.4, -0.2) is 65.2 Å². The highest BCUT2D eigenvalue weighted by Gasteiger charge is 2.49. The number of hydrogen-bond acceptors (Lipinski definition) is 5. The number of carbonyl (C=O) groups excluding carboxylic acids is 3. The Kier molecular flexibility index (Phi) is 9.72. The van der Waals surface area contributed by atoms with Crippen molar-refractivity contribution >= 4 is 28.5 Å². The van der Waals surface area contributed by atoms with Gasteiger partial charge in [0, 0.05) is 29.6 Å². The summed E-state index contributed by atoms with van der Waals surface area (Å²) in [6.07, 6.45) is 2.02. The minimum atomic E-state index is -1.25. The SMILES string of the molecule is CNCC(=O)NC(C)(C)CC(C)(C)C(NC(=O)C(C)(C)C(C)(C)S(C)=O)C(=O)NC. The van der Waals surface area contributed by atoms with E-state index >= 15 is 0 Å². The lowest BCUT2D eigenvalue weighted by molar-refractivity contribution is -0.137. The summed E-state index contributed by atoms with van der Waals surface area (Å²) in [6, 6.07) is -0.837. The first-order valence-corrected chi connectivity index (χ1v) is 11.7. The number of amides is 3. The molecule has 0 radical (unpaired) electrons. The summed E-state index contributed by atoms with van der Waals surface area (Å²) in [5.74, 6) is -0.814. The maximum Gasteiger partial charge on any atom is 0.242 e. The Morgan fingerprint density at radius 1 is 0.933 bits per heavy atom. The molecule has 176 valence electrons. The first-order valence-electron chi connectivity index (χ1n) is 10.2. The average Bonchev–Trinajstić information content (AvgIpc) is 2.56. The van der Waals surface area contributed by atoms with Crippen molar-refractivity contribution in [3.63, 3.8) is 0 Å². The van der Waals surface area contributed by atoms with Crippen molar-refractivity contribution in [1.82, 2.24) is 21.3 Å². The van der Waals surface area contributed by atoms with Crippen LogP contribution in [0.15, 0.2) is 0 Å². The minimum absolute atomic E-state index is 0.146. The van der Waals surface area contributed by atoms with Crippen molar-refractivity contribution in [2.45, 2.75) is 78.1 Å². The van der Waals surface area contributed by atoms with E-state index in [0.717, 1.165) is 0 Å². The van der Waals surface area contributed by atoms with E-state index in [1.54, 1.807) is 41.0 Å². The second kappa shape index (κ2) is 10.2. The molecule has 0 aromatic carbocycles. The summed E-state index contributed by atoms with van der Waals surface area (Å²) in [7, 11) is 1.96. The second-order valence-corrected chi connectivity index (χ2v) is 12.2. The zero-order valence-electron chi connectivity index (χ0n) is 20.5. The average molecular weight is 447 g/mol. The molecule has 4 N–H and O–H groups in total. The minimum Gasteiger partial charge on any atom is -0.357 e. The highest BCUT2D eigenvalue weighted by Crippen LogP contribution is 2.37. The van der Waals surface area contributed by atoms with Crippen LogP contribution in [0.5, 0.6) is 0 Å². The van der Waals surface area contributed by atoms with Gasteiger partial charge in [0.05, 0.1) is 16.7 Å². The Bertz CT molecular complexity index is 672. The zero-order valence-corrected chi connectivity index (χ0v) is 21.3. The zero-order chi connectivity index (χ0) is 24.1. The largest absolute Gasteiger partial charge is 0.357 e. The number of rotatable bonds is 11. The van der Waals surface area contributed by atoms with Crippen molar-refractivity contribution in [1.29, 1.82) is 0 Å². The maximum absolute atomic E-state index is 13.2. The highest BCUT2D eigenvalue weighted by molar-refractivity contribution is 7.85. The van der Waals surface area contributed by atoms with Crippen molar-refractivity contribution < 1.29 is 18.6 Å². The van der Waals surface area contributed by atoms with Gasteiger partial charge in [0.15, 0.2) is 0 Å². The molecule has 9 heteroatoms. The van der Waals surface area contributed by atoms with Gasteiger partial charge in [-0.05, 0) is 60.4 Å². The van der Waals surface area contributed by atoms with Gasteiger partial charge in [0.1, 0.15) is 6.04 Å². The number of hydrogen-bond donors (Lipinski definition) is 4. The van der Waals surface area contributed by atoms with E-state index in [-0.39, 0.29) is 24.3 Å². The molecule has 2 atom stereocenters. The van der Waals surface area contributed by atoms with E-state index in [1.165, 1.54) is 7.05 Å². The molecule has 8 nitrogen and oxygen atoms in total. The third-order valence-corrected chi connectivity index (χ3v) is 8.02. The molecule has 0 saturated carbocycles. The van der Waals surface area contributed by atoms with Crippen molar-refractivity contribution in [2.24, 2.45) is 10.8 Å². The molecule has 0 spiro atoms. The first kappa shape index (κ1) is 28.5. The van der Waals surface area contributed by atoms with Crippen LogP contribution in [0.25, 0.3) is 0 Å². The Hall–Kier alpha value is -1.48. The molecule has 0 saturated heterocycles. The van der Waals surface area contributed by atoms with Crippen LogP contribution in [0.3, 0.4) is 0 Å². The Morgan fingerprint density at radius 3 is 1.83 bits per heavy atom. The lowest BCUT2D eigenvalue weighted by Gasteiger charge is -2.43. The highest BCUT2D eigenvalue weighted by atomic mass is 32.2. The van der Waals surface area contributed by atoms with Gasteiger partial charge in [-0.15, -0.1) is 0 Å². The van der Waals surface area contributed by atoms with E-state index in [9.17, 15) is 18.6 Å². The van der Waals surface area contributed by atoms with E-state index in [4.69, 9.17) is 0 Å². The topological polar surface area (TPSA) is 116 Å². The number of carbonyl (C=O) groups is 3. The summed E-state index contributed by atoms with van der Waals surface area (Å²) in [5.41, 5.74) is -2.27. The fraction of sp³-hybridized carbons (Fsp3) is 0.857. The van der Waals surface area contributed by atoms with Crippen LogP contribution in [0, 0.1) is 10.8 Å². The fourth-order valence-corrected chi connectivity index (χ4v) is 4.38. The molecule has 0 aliphatic rings. The molecule has 30 heavy (non-hydrogen) atoms. The summed E-state index contributed by atoms with van der Waals surface area (Å²) < 4.78 is 11.4. The quantitative estimate of drug-likeness (QED) is 0.377. The fourth-order valence-electron chi connectivity index (χ4n) is 3.57. The molecular formula is C21H42N4O4S. The van der Waals surface area contributed by atoms with Crippen LogP contribution >= 0.6 is 0 Å². The summed E-state index contributed by atoms with van der Waals surface area (Å²) in [4.78, 5) is 38.0. The molecule has 3 amide bonds. The maximum atomic E-state index is 13.2. The van der Waals surface area contributed by atoms with Gasteiger partial charge < -0.3 is 21.3 Å². The summed E-state index contributed by atoms with van der Waals surface area (Å²) >= 11 is 0. The van der Waals surface area contributed by atoms with Gasteiger partial charge >= 0.3 is 0 Å². The van der Waals surface area contributed by atoms with E-state index in [1.807, 2.05) is 27.7 Å². The van der Waals surface area contributed by atoms with Gasteiger partial charge in [-0.3, -0.25) is 18.6 Å². The lowest BCUT2D eigenvalue weighted by atomic mass is 9.73. The molecule has 2 unspecified atom stereocenters. The van der Waals surface area contributed by atoms with Crippen molar-refractivity contribution in [3.8, 4) is 0 Å². The normalized spacial score (nSPS) is 15.2. The van der Waals surface area contributed by atoms with Crippen molar-refractivity contribution in [2.75, 3.05) is 26.9 Å². The van der Waals surface area contributed by atoms with Crippen LogP contribution in [-0.2, 0) is 25.2 Å². The van der Waals surface area contributed by atoms with Crippen molar-refractivity contribution in [3.05, 3.63) is 0 Å².